The van der Waals surface area contributed by atoms with Crippen LogP contribution in [-0.4, -0.2) is 41.4 Å². The minimum Gasteiger partial charge on any atom is -0.362 e. The first-order chi connectivity index (χ1) is 13.3. The van der Waals surface area contributed by atoms with Crippen molar-refractivity contribution in [3.63, 3.8) is 0 Å². The molecule has 4 rings (SSSR count). The molecular weight excluding hydrogens is 389 g/mol. The lowest BCUT2D eigenvalue weighted by molar-refractivity contribution is -0.137. The third-order valence-electron chi connectivity index (χ3n) is 4.76. The number of carbonyl (C=O) groups excluding carboxylic acids is 1. The number of benzene rings is 1. The van der Waals surface area contributed by atoms with Crippen molar-refractivity contribution in [3.05, 3.63) is 52.2 Å². The Balaban J connectivity index is 1.65. The molecule has 3 heterocycles. The summed E-state index contributed by atoms with van der Waals surface area (Å²) >= 11 is 1.50. The smallest absolute Gasteiger partial charge is 0.362 e. The molecule has 0 saturated heterocycles. The first-order valence-corrected chi connectivity index (χ1v) is 9.46. The summed E-state index contributed by atoms with van der Waals surface area (Å²) in [4.78, 5) is 26.9. The number of aromatic nitrogens is 2. The van der Waals surface area contributed by atoms with Crippen molar-refractivity contribution < 1.29 is 18.0 Å². The topological polar surface area (TPSA) is 49.3 Å². The fourth-order valence-electron chi connectivity index (χ4n) is 3.43. The van der Waals surface area contributed by atoms with E-state index >= 15 is 0 Å². The first kappa shape index (κ1) is 18.7. The van der Waals surface area contributed by atoms with Gasteiger partial charge in [-0.15, -0.1) is 11.3 Å². The third kappa shape index (κ3) is 3.19. The van der Waals surface area contributed by atoms with Crippen molar-refractivity contribution in [1.82, 2.24) is 14.9 Å². The molecule has 0 N–H and O–H groups in total. The Labute approximate surface area is 163 Å². The summed E-state index contributed by atoms with van der Waals surface area (Å²) in [5.74, 6) is 0.438. The van der Waals surface area contributed by atoms with E-state index in [9.17, 15) is 18.0 Å². The van der Waals surface area contributed by atoms with Gasteiger partial charge in [0.15, 0.2) is 0 Å². The normalized spacial score (nSPS) is 14.2. The van der Waals surface area contributed by atoms with Crippen molar-refractivity contribution in [3.8, 4) is 0 Å². The Morgan fingerprint density at radius 3 is 2.75 bits per heavy atom. The standard InChI is InChI=1S/C19H17F3N4OS/c1-25(2)16-15-13-6-7-26(9-14(13)28-17(15)24-10-23-16)18(27)11-4-3-5-12(8-11)19(20,21)22/h3-5,8,10H,6-7,9H2,1-2H3. The number of carbonyl (C=O) groups is 1. The van der Waals surface area contributed by atoms with Crippen LogP contribution in [0.4, 0.5) is 19.0 Å². The molecule has 0 fully saturated rings. The quantitative estimate of drug-likeness (QED) is 0.646. The second-order valence-electron chi connectivity index (χ2n) is 6.83. The van der Waals surface area contributed by atoms with E-state index in [2.05, 4.69) is 9.97 Å². The van der Waals surface area contributed by atoms with Crippen LogP contribution >= 0.6 is 11.3 Å². The molecule has 0 bridgehead atoms. The van der Waals surface area contributed by atoms with Crippen molar-refractivity contribution in [2.45, 2.75) is 19.1 Å². The average molecular weight is 406 g/mol. The van der Waals surface area contributed by atoms with Crippen LogP contribution in [-0.2, 0) is 19.1 Å². The van der Waals surface area contributed by atoms with Gasteiger partial charge in [0.1, 0.15) is 17.0 Å². The molecule has 1 amide bonds. The maximum absolute atomic E-state index is 13.0. The van der Waals surface area contributed by atoms with Gasteiger partial charge >= 0.3 is 6.18 Å². The fraction of sp³-hybridized carbons (Fsp3) is 0.316. The van der Waals surface area contributed by atoms with Crippen LogP contribution in [0.1, 0.15) is 26.4 Å². The molecule has 1 aliphatic heterocycles. The molecule has 0 aliphatic carbocycles. The van der Waals surface area contributed by atoms with Crippen LogP contribution < -0.4 is 4.90 Å². The molecule has 2 aromatic heterocycles. The molecule has 5 nitrogen and oxygen atoms in total. The highest BCUT2D eigenvalue weighted by molar-refractivity contribution is 7.19. The summed E-state index contributed by atoms with van der Waals surface area (Å²) < 4.78 is 38.9. The highest BCUT2D eigenvalue weighted by Gasteiger charge is 2.32. The number of amides is 1. The monoisotopic (exact) mass is 406 g/mol. The van der Waals surface area contributed by atoms with Crippen LogP contribution in [0.5, 0.6) is 0 Å². The number of thiophene rings is 1. The van der Waals surface area contributed by atoms with Gasteiger partial charge in [0.05, 0.1) is 17.5 Å². The van der Waals surface area contributed by atoms with Gasteiger partial charge in [0.2, 0.25) is 0 Å². The lowest BCUT2D eigenvalue weighted by Crippen LogP contribution is -2.35. The molecule has 0 unspecified atom stereocenters. The van der Waals surface area contributed by atoms with Gasteiger partial charge in [-0.05, 0) is 30.2 Å². The highest BCUT2D eigenvalue weighted by atomic mass is 32.1. The molecule has 9 heteroatoms. The molecule has 0 radical (unpaired) electrons. The summed E-state index contributed by atoms with van der Waals surface area (Å²) in [5, 5.41) is 0.999. The number of nitrogens with zero attached hydrogens (tertiary/aromatic N) is 4. The zero-order valence-electron chi connectivity index (χ0n) is 15.2. The van der Waals surface area contributed by atoms with Crippen LogP contribution in [0.2, 0.25) is 0 Å². The van der Waals surface area contributed by atoms with E-state index in [0.29, 0.717) is 19.5 Å². The molecule has 28 heavy (non-hydrogen) atoms. The van der Waals surface area contributed by atoms with Gasteiger partial charge in [-0.25, -0.2) is 9.97 Å². The van der Waals surface area contributed by atoms with Gasteiger partial charge in [0.25, 0.3) is 5.91 Å². The molecule has 1 aromatic carbocycles. The molecule has 0 atom stereocenters. The van der Waals surface area contributed by atoms with E-state index < -0.39 is 17.6 Å². The van der Waals surface area contributed by atoms with E-state index in [-0.39, 0.29) is 5.56 Å². The van der Waals surface area contributed by atoms with Crippen molar-refractivity contribution in [2.24, 2.45) is 0 Å². The van der Waals surface area contributed by atoms with E-state index in [1.807, 2.05) is 19.0 Å². The zero-order valence-corrected chi connectivity index (χ0v) is 16.1. The Bertz CT molecular complexity index is 1060. The van der Waals surface area contributed by atoms with Crippen molar-refractivity contribution in [1.29, 1.82) is 0 Å². The number of alkyl halides is 3. The molecule has 0 spiro atoms. The lowest BCUT2D eigenvalue weighted by atomic mass is 10.0. The minimum atomic E-state index is -4.47. The number of hydrogen-bond acceptors (Lipinski definition) is 5. The molecule has 146 valence electrons. The zero-order chi connectivity index (χ0) is 20.1. The molecule has 3 aromatic rings. The van der Waals surface area contributed by atoms with Crippen LogP contribution in [0.3, 0.4) is 0 Å². The lowest BCUT2D eigenvalue weighted by Gasteiger charge is -2.27. The Kier molecular flexibility index (Phi) is 4.49. The summed E-state index contributed by atoms with van der Waals surface area (Å²) in [5.41, 5.74) is 0.356. The van der Waals surface area contributed by atoms with E-state index in [0.717, 1.165) is 38.6 Å². The van der Waals surface area contributed by atoms with E-state index in [1.165, 1.54) is 29.8 Å². The number of halogens is 3. The van der Waals surface area contributed by atoms with Gasteiger partial charge in [0, 0.05) is 31.1 Å². The number of fused-ring (bicyclic) bond motifs is 3. The second-order valence-corrected chi connectivity index (χ2v) is 7.91. The van der Waals surface area contributed by atoms with Crippen LogP contribution in [0.15, 0.2) is 30.6 Å². The molecular formula is C19H17F3N4OS. The Morgan fingerprint density at radius 1 is 1.25 bits per heavy atom. The second kappa shape index (κ2) is 6.73. The predicted octanol–water partition coefficient (Wildman–Crippen LogP) is 3.97. The van der Waals surface area contributed by atoms with E-state index in [4.69, 9.17) is 0 Å². The van der Waals surface area contributed by atoms with Gasteiger partial charge in [-0.3, -0.25) is 4.79 Å². The predicted molar refractivity (Wildman–Crippen MR) is 102 cm³/mol. The maximum atomic E-state index is 13.0. The van der Waals surface area contributed by atoms with Crippen molar-refractivity contribution >= 4 is 33.3 Å². The maximum Gasteiger partial charge on any atom is 0.416 e. The Hall–Kier alpha value is -2.68. The largest absolute Gasteiger partial charge is 0.416 e. The van der Waals surface area contributed by atoms with E-state index in [1.54, 1.807) is 4.90 Å². The van der Waals surface area contributed by atoms with Gasteiger partial charge in [-0.1, -0.05) is 6.07 Å². The number of anilines is 1. The number of hydrogen-bond donors (Lipinski definition) is 0. The Morgan fingerprint density at radius 2 is 2.04 bits per heavy atom. The van der Waals surface area contributed by atoms with Crippen LogP contribution in [0, 0.1) is 0 Å². The fourth-order valence-corrected chi connectivity index (χ4v) is 4.63. The average Bonchev–Trinajstić information content (AvgIpc) is 3.04. The first-order valence-electron chi connectivity index (χ1n) is 8.65. The highest BCUT2D eigenvalue weighted by Crippen LogP contribution is 2.38. The minimum absolute atomic E-state index is 0.0492. The molecule has 0 saturated carbocycles. The summed E-state index contributed by atoms with van der Waals surface area (Å²) in [6, 6.07) is 4.58. The number of rotatable bonds is 2. The summed E-state index contributed by atoms with van der Waals surface area (Å²) in [6.45, 7) is 0.800. The SMILES string of the molecule is CN(C)c1ncnc2sc3c(c12)CCN(C(=O)c1cccc(C(F)(F)F)c1)C3. The van der Waals surface area contributed by atoms with Crippen molar-refractivity contribution in [2.75, 3.05) is 25.5 Å². The van der Waals surface area contributed by atoms with Gasteiger partial charge < -0.3 is 9.80 Å². The summed E-state index contributed by atoms with van der Waals surface area (Å²) in [7, 11) is 3.83. The van der Waals surface area contributed by atoms with Gasteiger partial charge in [-0.2, -0.15) is 13.2 Å². The third-order valence-corrected chi connectivity index (χ3v) is 5.89. The molecule has 1 aliphatic rings. The van der Waals surface area contributed by atoms with Crippen LogP contribution in [0.25, 0.3) is 10.2 Å². The summed E-state index contributed by atoms with van der Waals surface area (Å²) in [6.07, 6.45) is -2.34.